The monoisotopic (exact) mass is 266 g/mol. The second-order valence-corrected chi connectivity index (χ2v) is 6.26. The zero-order valence-corrected chi connectivity index (χ0v) is 12.3. The molecule has 0 aromatic heterocycles. The first kappa shape index (κ1) is 13.9. The molecule has 2 heteroatoms. The van der Waals surface area contributed by atoms with Gasteiger partial charge < -0.3 is 4.74 Å². The minimum absolute atomic E-state index is 0.0448. The summed E-state index contributed by atoms with van der Waals surface area (Å²) >= 11 is 6.53. The smallest absolute Gasteiger partial charge is 0.0696 e. The third-order valence-electron chi connectivity index (χ3n) is 4.21. The van der Waals surface area contributed by atoms with Crippen molar-refractivity contribution in [3.8, 4) is 0 Å². The molecule has 18 heavy (non-hydrogen) atoms. The molecule has 100 valence electrons. The first-order valence-corrected chi connectivity index (χ1v) is 7.29. The average molecular weight is 267 g/mol. The van der Waals surface area contributed by atoms with Crippen molar-refractivity contribution in [2.45, 2.75) is 56.4 Å². The van der Waals surface area contributed by atoms with E-state index in [9.17, 15) is 0 Å². The minimum atomic E-state index is 0.0448. The predicted molar refractivity (Wildman–Crippen MR) is 77.3 cm³/mol. The van der Waals surface area contributed by atoms with E-state index in [2.05, 4.69) is 38.1 Å². The van der Waals surface area contributed by atoms with Crippen molar-refractivity contribution in [1.29, 1.82) is 0 Å². The van der Waals surface area contributed by atoms with Crippen LogP contribution in [0.25, 0.3) is 0 Å². The highest BCUT2D eigenvalue weighted by Crippen LogP contribution is 2.43. The summed E-state index contributed by atoms with van der Waals surface area (Å²) in [6.45, 7) is 4.42. The van der Waals surface area contributed by atoms with Crippen molar-refractivity contribution < 1.29 is 4.74 Å². The van der Waals surface area contributed by atoms with Crippen LogP contribution >= 0.6 is 11.6 Å². The average Bonchev–Trinajstić information content (AvgIpc) is 2.33. The maximum Gasteiger partial charge on any atom is 0.0696 e. The third kappa shape index (κ3) is 2.89. The van der Waals surface area contributed by atoms with Gasteiger partial charge in [-0.1, -0.05) is 38.1 Å². The molecule has 0 amide bonds. The summed E-state index contributed by atoms with van der Waals surface area (Å²) in [5, 5.41) is 0.0615. The lowest BCUT2D eigenvalue weighted by atomic mass is 9.76. The van der Waals surface area contributed by atoms with Crippen LogP contribution in [0, 0.1) is 0 Å². The normalized spacial score (nSPS) is 19.6. The molecule has 0 saturated heterocycles. The minimum Gasteiger partial charge on any atom is -0.378 e. The summed E-state index contributed by atoms with van der Waals surface area (Å²) in [6.07, 6.45) is 4.49. The van der Waals surface area contributed by atoms with Crippen molar-refractivity contribution in [3.05, 3.63) is 35.4 Å². The summed E-state index contributed by atoms with van der Waals surface area (Å²) in [4.78, 5) is 0. The van der Waals surface area contributed by atoms with Gasteiger partial charge in [-0.05, 0) is 42.7 Å². The Morgan fingerprint density at radius 3 is 2.11 bits per heavy atom. The predicted octanol–water partition coefficient (Wildman–Crippen LogP) is 5.05. The van der Waals surface area contributed by atoms with Crippen LogP contribution in [0.3, 0.4) is 0 Å². The zero-order valence-electron chi connectivity index (χ0n) is 11.6. The van der Waals surface area contributed by atoms with Crippen LogP contribution < -0.4 is 0 Å². The number of benzene rings is 1. The molecule has 1 saturated carbocycles. The first-order valence-electron chi connectivity index (χ1n) is 6.85. The summed E-state index contributed by atoms with van der Waals surface area (Å²) in [5.74, 6) is 0.574. The zero-order chi connectivity index (χ0) is 13.2. The highest BCUT2D eigenvalue weighted by atomic mass is 35.5. The highest BCUT2D eigenvalue weighted by molar-refractivity contribution is 6.20. The van der Waals surface area contributed by atoms with Gasteiger partial charge in [0, 0.05) is 7.11 Å². The van der Waals surface area contributed by atoms with E-state index < -0.39 is 0 Å². The van der Waals surface area contributed by atoms with Gasteiger partial charge in [-0.2, -0.15) is 0 Å². The topological polar surface area (TPSA) is 9.23 Å². The third-order valence-corrected chi connectivity index (χ3v) is 4.62. The van der Waals surface area contributed by atoms with E-state index in [1.54, 1.807) is 0 Å². The van der Waals surface area contributed by atoms with Gasteiger partial charge in [-0.3, -0.25) is 0 Å². The van der Waals surface area contributed by atoms with Gasteiger partial charge in [-0.15, -0.1) is 11.6 Å². The van der Waals surface area contributed by atoms with Gasteiger partial charge in [0.05, 0.1) is 11.0 Å². The first-order chi connectivity index (χ1) is 8.56. The number of ether oxygens (including phenoxy) is 1. The Kier molecular flexibility index (Phi) is 4.34. The Labute approximate surface area is 115 Å². The summed E-state index contributed by atoms with van der Waals surface area (Å²) in [5.41, 5.74) is 2.63. The van der Waals surface area contributed by atoms with Crippen molar-refractivity contribution in [1.82, 2.24) is 0 Å². The number of methoxy groups -OCH3 is 1. The largest absolute Gasteiger partial charge is 0.378 e. The van der Waals surface area contributed by atoms with E-state index in [0.717, 1.165) is 19.3 Å². The maximum atomic E-state index is 6.53. The van der Waals surface area contributed by atoms with Gasteiger partial charge in [0.25, 0.3) is 0 Å². The molecule has 1 atom stereocenters. The van der Waals surface area contributed by atoms with E-state index in [4.69, 9.17) is 16.3 Å². The lowest BCUT2D eigenvalue weighted by molar-refractivity contribution is -0.0780. The molecule has 0 bridgehead atoms. The summed E-state index contributed by atoms with van der Waals surface area (Å²) < 4.78 is 5.64. The molecule has 1 aliphatic rings. The van der Waals surface area contributed by atoms with Crippen LogP contribution in [0.1, 0.15) is 62.0 Å². The number of hydrogen-bond donors (Lipinski definition) is 0. The summed E-state index contributed by atoms with van der Waals surface area (Å²) in [6, 6.07) is 8.70. The molecule has 1 unspecified atom stereocenters. The molecule has 0 spiro atoms. The fourth-order valence-corrected chi connectivity index (χ4v) is 3.02. The van der Waals surface area contributed by atoms with Gasteiger partial charge in [0.1, 0.15) is 0 Å². The summed E-state index contributed by atoms with van der Waals surface area (Å²) in [7, 11) is 1.81. The van der Waals surface area contributed by atoms with Crippen molar-refractivity contribution in [2.24, 2.45) is 0 Å². The molecule has 0 aliphatic heterocycles. The van der Waals surface area contributed by atoms with Crippen LogP contribution in [0.4, 0.5) is 0 Å². The second kappa shape index (κ2) is 5.63. The van der Waals surface area contributed by atoms with E-state index >= 15 is 0 Å². The van der Waals surface area contributed by atoms with Crippen molar-refractivity contribution in [3.63, 3.8) is 0 Å². The lowest BCUT2D eigenvalue weighted by Crippen LogP contribution is -2.39. The quantitative estimate of drug-likeness (QED) is 0.678. The molecular formula is C16H23ClO. The van der Waals surface area contributed by atoms with Gasteiger partial charge in [0.15, 0.2) is 0 Å². The molecule has 1 fully saturated rings. The Morgan fingerprint density at radius 1 is 1.17 bits per heavy atom. The van der Waals surface area contributed by atoms with Crippen LogP contribution in [-0.4, -0.2) is 12.7 Å². The van der Waals surface area contributed by atoms with E-state index in [0.29, 0.717) is 5.92 Å². The molecule has 2 rings (SSSR count). The number of hydrogen-bond acceptors (Lipinski definition) is 1. The molecule has 1 aromatic rings. The van der Waals surface area contributed by atoms with Crippen molar-refractivity contribution >= 4 is 11.6 Å². The number of alkyl halides is 1. The van der Waals surface area contributed by atoms with Crippen LogP contribution in [-0.2, 0) is 4.74 Å². The highest BCUT2D eigenvalue weighted by Gasteiger charge is 2.38. The van der Waals surface area contributed by atoms with Crippen LogP contribution in [0.15, 0.2) is 24.3 Å². The SMILES string of the molecule is COC1(CC(Cl)c2ccc(C(C)C)cc2)CCC1. The maximum absolute atomic E-state index is 6.53. The van der Waals surface area contributed by atoms with E-state index in [-0.39, 0.29) is 11.0 Å². The molecule has 0 heterocycles. The molecule has 1 aromatic carbocycles. The van der Waals surface area contributed by atoms with Gasteiger partial charge in [0.2, 0.25) is 0 Å². The molecular weight excluding hydrogens is 244 g/mol. The lowest BCUT2D eigenvalue weighted by Gasteiger charge is -2.41. The van der Waals surface area contributed by atoms with Crippen LogP contribution in [0.2, 0.25) is 0 Å². The Balaban J connectivity index is 2.02. The van der Waals surface area contributed by atoms with Crippen LogP contribution in [0.5, 0.6) is 0 Å². The Bertz CT molecular complexity index is 373. The van der Waals surface area contributed by atoms with E-state index in [1.165, 1.54) is 17.5 Å². The number of halogens is 1. The molecule has 1 aliphatic carbocycles. The van der Waals surface area contributed by atoms with Gasteiger partial charge in [-0.25, -0.2) is 0 Å². The van der Waals surface area contributed by atoms with E-state index in [1.807, 2.05) is 7.11 Å². The second-order valence-electron chi connectivity index (χ2n) is 5.73. The van der Waals surface area contributed by atoms with Gasteiger partial charge >= 0.3 is 0 Å². The Morgan fingerprint density at radius 2 is 1.72 bits per heavy atom. The molecule has 0 radical (unpaired) electrons. The number of rotatable bonds is 5. The Hall–Kier alpha value is -0.530. The fourth-order valence-electron chi connectivity index (χ4n) is 2.60. The fraction of sp³-hybridized carbons (Fsp3) is 0.625. The molecule has 0 N–H and O–H groups in total. The van der Waals surface area contributed by atoms with Crippen molar-refractivity contribution in [2.75, 3.05) is 7.11 Å². The standard InChI is InChI=1S/C16H23ClO/c1-12(2)13-5-7-14(8-6-13)15(17)11-16(18-3)9-4-10-16/h5-8,12,15H,4,9-11H2,1-3H3. The molecule has 1 nitrogen and oxygen atoms in total.